The predicted octanol–water partition coefficient (Wildman–Crippen LogP) is 3.33. The van der Waals surface area contributed by atoms with Gasteiger partial charge in [0.05, 0.1) is 6.42 Å². The highest BCUT2D eigenvalue weighted by molar-refractivity contribution is 9.10. The molecule has 0 aliphatic carbocycles. The van der Waals surface area contributed by atoms with E-state index in [2.05, 4.69) is 26.2 Å². The first-order valence-electron chi connectivity index (χ1n) is 5.61. The maximum atomic E-state index is 11.9. The summed E-state index contributed by atoms with van der Waals surface area (Å²) >= 11 is 3.30. The lowest BCUT2D eigenvalue weighted by molar-refractivity contribution is -0.115. The summed E-state index contributed by atoms with van der Waals surface area (Å²) < 4.78 is 0.888. The summed E-state index contributed by atoms with van der Waals surface area (Å²) in [6.45, 7) is 2.00. The van der Waals surface area contributed by atoms with Crippen LogP contribution in [0.4, 0.5) is 5.82 Å². The standard InChI is InChI=1S/C14H13BrN2O/c1-10-4-2-3-5-11(10)8-14(18)17-13-7-6-12(15)9-16-13/h2-7,9H,8H2,1H3,(H,16,17,18). The molecule has 0 bridgehead atoms. The summed E-state index contributed by atoms with van der Waals surface area (Å²) in [5, 5.41) is 2.77. The van der Waals surface area contributed by atoms with Crippen LogP contribution < -0.4 is 5.32 Å². The zero-order valence-corrected chi connectivity index (χ0v) is 11.6. The minimum atomic E-state index is -0.0564. The van der Waals surface area contributed by atoms with E-state index in [0.717, 1.165) is 15.6 Å². The summed E-state index contributed by atoms with van der Waals surface area (Å²) in [7, 11) is 0. The summed E-state index contributed by atoms with van der Waals surface area (Å²) in [4.78, 5) is 16.0. The van der Waals surface area contributed by atoms with E-state index < -0.39 is 0 Å². The second-order valence-corrected chi connectivity index (χ2v) is 4.93. The van der Waals surface area contributed by atoms with Crippen molar-refractivity contribution in [1.82, 2.24) is 4.98 Å². The van der Waals surface area contributed by atoms with Crippen molar-refractivity contribution in [3.63, 3.8) is 0 Å². The maximum absolute atomic E-state index is 11.9. The highest BCUT2D eigenvalue weighted by Gasteiger charge is 2.06. The Hall–Kier alpha value is -1.68. The molecule has 0 aliphatic heterocycles. The molecule has 0 unspecified atom stereocenters. The second-order valence-electron chi connectivity index (χ2n) is 4.01. The molecule has 0 aliphatic rings. The Balaban J connectivity index is 2.01. The van der Waals surface area contributed by atoms with Gasteiger partial charge in [-0.2, -0.15) is 0 Å². The van der Waals surface area contributed by atoms with Gasteiger partial charge in [0.2, 0.25) is 5.91 Å². The van der Waals surface area contributed by atoms with Gasteiger partial charge in [0.25, 0.3) is 0 Å². The zero-order valence-electron chi connectivity index (χ0n) is 9.98. The average molecular weight is 305 g/mol. The molecule has 1 heterocycles. The molecule has 1 aromatic heterocycles. The topological polar surface area (TPSA) is 42.0 Å². The van der Waals surface area contributed by atoms with Crippen molar-refractivity contribution in [3.05, 3.63) is 58.2 Å². The van der Waals surface area contributed by atoms with Crippen LogP contribution in [-0.2, 0) is 11.2 Å². The number of amides is 1. The van der Waals surface area contributed by atoms with Crippen molar-refractivity contribution in [2.24, 2.45) is 0 Å². The van der Waals surface area contributed by atoms with Crippen LogP contribution in [0, 0.1) is 6.92 Å². The van der Waals surface area contributed by atoms with Crippen molar-refractivity contribution in [2.45, 2.75) is 13.3 Å². The van der Waals surface area contributed by atoms with E-state index in [9.17, 15) is 4.79 Å². The quantitative estimate of drug-likeness (QED) is 0.945. The van der Waals surface area contributed by atoms with Crippen LogP contribution >= 0.6 is 15.9 Å². The molecule has 0 fully saturated rings. The van der Waals surface area contributed by atoms with Crippen LogP contribution in [0.2, 0.25) is 0 Å². The number of nitrogens with zero attached hydrogens (tertiary/aromatic N) is 1. The van der Waals surface area contributed by atoms with Gasteiger partial charge >= 0.3 is 0 Å². The van der Waals surface area contributed by atoms with Crippen molar-refractivity contribution in [1.29, 1.82) is 0 Å². The van der Waals surface area contributed by atoms with Gasteiger partial charge in [0, 0.05) is 10.7 Å². The normalized spacial score (nSPS) is 10.1. The fourth-order valence-corrected chi connectivity index (χ4v) is 1.85. The van der Waals surface area contributed by atoms with Crippen LogP contribution in [0.3, 0.4) is 0 Å². The lowest BCUT2D eigenvalue weighted by Crippen LogP contribution is -2.15. The number of benzene rings is 1. The molecule has 2 rings (SSSR count). The Kier molecular flexibility index (Phi) is 4.10. The molecule has 92 valence electrons. The third-order valence-electron chi connectivity index (χ3n) is 2.61. The minimum Gasteiger partial charge on any atom is -0.310 e. The lowest BCUT2D eigenvalue weighted by Gasteiger charge is -2.06. The molecule has 4 heteroatoms. The van der Waals surface area contributed by atoms with Gasteiger partial charge in [-0.25, -0.2) is 4.98 Å². The first-order chi connectivity index (χ1) is 8.65. The molecular formula is C14H13BrN2O. The molecule has 0 saturated heterocycles. The first-order valence-corrected chi connectivity index (χ1v) is 6.40. The number of carbonyl (C=O) groups excluding carboxylic acids is 1. The molecule has 2 aromatic rings. The summed E-state index contributed by atoms with van der Waals surface area (Å²) in [6, 6.07) is 11.5. The molecule has 3 nitrogen and oxygen atoms in total. The van der Waals surface area contributed by atoms with Crippen LogP contribution in [0.1, 0.15) is 11.1 Å². The smallest absolute Gasteiger partial charge is 0.229 e. The Morgan fingerprint density at radius 1 is 1.28 bits per heavy atom. The number of hydrogen-bond acceptors (Lipinski definition) is 2. The molecule has 0 spiro atoms. The van der Waals surface area contributed by atoms with E-state index in [1.54, 1.807) is 12.3 Å². The number of halogens is 1. The average Bonchev–Trinajstić information content (AvgIpc) is 2.35. The van der Waals surface area contributed by atoms with Gasteiger partial charge in [0.15, 0.2) is 0 Å². The van der Waals surface area contributed by atoms with Gasteiger partial charge in [0.1, 0.15) is 5.82 Å². The van der Waals surface area contributed by atoms with Gasteiger partial charge in [-0.05, 0) is 46.1 Å². The van der Waals surface area contributed by atoms with Gasteiger partial charge in [-0.1, -0.05) is 24.3 Å². The first kappa shape index (κ1) is 12.8. The minimum absolute atomic E-state index is 0.0564. The van der Waals surface area contributed by atoms with Gasteiger partial charge in [-0.3, -0.25) is 4.79 Å². The van der Waals surface area contributed by atoms with Crippen molar-refractivity contribution in [3.8, 4) is 0 Å². The summed E-state index contributed by atoms with van der Waals surface area (Å²) in [5.41, 5.74) is 2.16. The number of pyridine rings is 1. The van der Waals surface area contributed by atoms with Crippen molar-refractivity contribution < 1.29 is 4.79 Å². The number of anilines is 1. The zero-order chi connectivity index (χ0) is 13.0. The maximum Gasteiger partial charge on any atom is 0.229 e. The van der Waals surface area contributed by atoms with E-state index >= 15 is 0 Å². The largest absolute Gasteiger partial charge is 0.310 e. The highest BCUT2D eigenvalue weighted by atomic mass is 79.9. The molecule has 1 N–H and O–H groups in total. The van der Waals surface area contributed by atoms with E-state index in [1.165, 1.54) is 0 Å². The molecule has 1 amide bonds. The van der Waals surface area contributed by atoms with Crippen LogP contribution in [0.5, 0.6) is 0 Å². The molecular weight excluding hydrogens is 292 g/mol. The Morgan fingerprint density at radius 3 is 2.72 bits per heavy atom. The van der Waals surface area contributed by atoms with Crippen LogP contribution in [-0.4, -0.2) is 10.9 Å². The van der Waals surface area contributed by atoms with Crippen molar-refractivity contribution in [2.75, 3.05) is 5.32 Å². The SMILES string of the molecule is Cc1ccccc1CC(=O)Nc1ccc(Br)cn1. The third kappa shape index (κ3) is 3.40. The van der Waals surface area contributed by atoms with E-state index in [-0.39, 0.29) is 5.91 Å². The number of nitrogens with one attached hydrogen (secondary N) is 1. The summed E-state index contributed by atoms with van der Waals surface area (Å²) in [5.74, 6) is 0.510. The molecule has 1 aromatic carbocycles. The molecule has 0 saturated carbocycles. The number of aryl methyl sites for hydroxylation is 1. The second kappa shape index (κ2) is 5.78. The van der Waals surface area contributed by atoms with E-state index in [1.807, 2.05) is 37.3 Å². The van der Waals surface area contributed by atoms with E-state index in [0.29, 0.717) is 12.2 Å². The number of aromatic nitrogens is 1. The van der Waals surface area contributed by atoms with Crippen molar-refractivity contribution >= 4 is 27.7 Å². The van der Waals surface area contributed by atoms with Gasteiger partial charge < -0.3 is 5.32 Å². The summed E-state index contributed by atoms with van der Waals surface area (Å²) in [6.07, 6.45) is 2.02. The number of hydrogen-bond donors (Lipinski definition) is 1. The highest BCUT2D eigenvalue weighted by Crippen LogP contribution is 2.12. The van der Waals surface area contributed by atoms with Crippen LogP contribution in [0.25, 0.3) is 0 Å². The Labute approximate surface area is 114 Å². The predicted molar refractivity (Wildman–Crippen MR) is 75.4 cm³/mol. The fraction of sp³-hybridized carbons (Fsp3) is 0.143. The molecule has 0 radical (unpaired) electrons. The van der Waals surface area contributed by atoms with E-state index in [4.69, 9.17) is 0 Å². The third-order valence-corrected chi connectivity index (χ3v) is 3.08. The fourth-order valence-electron chi connectivity index (χ4n) is 1.62. The molecule has 18 heavy (non-hydrogen) atoms. The number of carbonyl (C=O) groups is 1. The molecule has 0 atom stereocenters. The monoisotopic (exact) mass is 304 g/mol. The number of rotatable bonds is 3. The van der Waals surface area contributed by atoms with Crippen LogP contribution in [0.15, 0.2) is 47.1 Å². The lowest BCUT2D eigenvalue weighted by atomic mass is 10.1. The Morgan fingerprint density at radius 2 is 2.06 bits per heavy atom. The van der Waals surface area contributed by atoms with Gasteiger partial charge in [-0.15, -0.1) is 0 Å². The Bertz CT molecular complexity index is 552.